The Kier molecular flexibility index (Phi) is 8.45. The minimum absolute atomic E-state index is 0.0253. The van der Waals surface area contributed by atoms with Gasteiger partial charge in [-0.25, -0.2) is 4.98 Å². The van der Waals surface area contributed by atoms with Gasteiger partial charge in [0, 0.05) is 18.7 Å². The summed E-state index contributed by atoms with van der Waals surface area (Å²) in [6, 6.07) is 22.5. The van der Waals surface area contributed by atoms with Crippen molar-refractivity contribution in [1.82, 2.24) is 14.5 Å². The number of benzene rings is 3. The molecule has 0 saturated heterocycles. The first-order valence-electron chi connectivity index (χ1n) is 13.5. The van der Waals surface area contributed by atoms with E-state index < -0.39 is 0 Å². The number of amides is 1. The van der Waals surface area contributed by atoms with E-state index >= 15 is 0 Å². The maximum absolute atomic E-state index is 14.0. The number of nitrogens with two attached hydrogens (primary N) is 1. The van der Waals surface area contributed by atoms with Crippen molar-refractivity contribution >= 4 is 16.9 Å². The molecule has 1 aromatic heterocycles. The van der Waals surface area contributed by atoms with Gasteiger partial charge in [0.15, 0.2) is 0 Å². The number of rotatable bonds is 10. The first-order chi connectivity index (χ1) is 17.8. The van der Waals surface area contributed by atoms with Crippen LogP contribution in [0.1, 0.15) is 71.7 Å². The number of hydrogen-bond acceptors (Lipinski definition) is 3. The van der Waals surface area contributed by atoms with Crippen LogP contribution in [0.5, 0.6) is 0 Å². The minimum Gasteiger partial charge on any atom is -0.330 e. The molecule has 0 radical (unpaired) electrons. The highest BCUT2D eigenvalue weighted by molar-refractivity contribution is 5.94. The monoisotopic (exact) mass is 496 g/mol. The number of imidazole rings is 1. The van der Waals surface area contributed by atoms with E-state index in [4.69, 9.17) is 10.7 Å². The molecule has 0 spiro atoms. The SMILES string of the molecule is CCc1c(C)ccc2c1nc(C(C(C)C)N(CCCN)C(=O)c1ccc(C)cc1)n2Cc1ccccc1. The number of aromatic nitrogens is 2. The summed E-state index contributed by atoms with van der Waals surface area (Å²) >= 11 is 0. The Morgan fingerprint density at radius 3 is 2.32 bits per heavy atom. The molecule has 2 N–H and O–H groups in total. The summed E-state index contributed by atoms with van der Waals surface area (Å²) in [5.41, 5.74) is 13.7. The Hall–Kier alpha value is -3.44. The van der Waals surface area contributed by atoms with Crippen molar-refractivity contribution in [2.24, 2.45) is 11.7 Å². The summed E-state index contributed by atoms with van der Waals surface area (Å²) in [7, 11) is 0. The quantitative estimate of drug-likeness (QED) is 0.274. The highest BCUT2D eigenvalue weighted by Gasteiger charge is 2.33. The van der Waals surface area contributed by atoms with Crippen LogP contribution in [0.2, 0.25) is 0 Å². The number of fused-ring (bicyclic) bond motifs is 1. The number of aryl methyl sites for hydroxylation is 3. The van der Waals surface area contributed by atoms with Crippen LogP contribution in [0.4, 0.5) is 0 Å². The van der Waals surface area contributed by atoms with Crippen LogP contribution in [-0.4, -0.2) is 33.4 Å². The molecule has 0 aliphatic rings. The first-order valence-corrected chi connectivity index (χ1v) is 13.5. The van der Waals surface area contributed by atoms with Gasteiger partial charge in [0.1, 0.15) is 5.82 Å². The van der Waals surface area contributed by atoms with Crippen LogP contribution < -0.4 is 5.73 Å². The Balaban J connectivity index is 1.91. The topological polar surface area (TPSA) is 64.2 Å². The van der Waals surface area contributed by atoms with Crippen LogP contribution in [0.3, 0.4) is 0 Å². The highest BCUT2D eigenvalue weighted by atomic mass is 16.2. The molecule has 0 aliphatic heterocycles. The van der Waals surface area contributed by atoms with Gasteiger partial charge in [0.05, 0.1) is 17.1 Å². The van der Waals surface area contributed by atoms with E-state index in [1.165, 1.54) is 16.7 Å². The second kappa shape index (κ2) is 11.7. The Labute approximate surface area is 221 Å². The lowest BCUT2D eigenvalue weighted by Crippen LogP contribution is -2.40. The molecule has 1 atom stereocenters. The van der Waals surface area contributed by atoms with Crippen LogP contribution >= 0.6 is 0 Å². The highest BCUT2D eigenvalue weighted by Crippen LogP contribution is 2.34. The molecule has 1 heterocycles. The van der Waals surface area contributed by atoms with Gasteiger partial charge in [-0.1, -0.05) is 74.9 Å². The van der Waals surface area contributed by atoms with Gasteiger partial charge in [0.2, 0.25) is 0 Å². The van der Waals surface area contributed by atoms with Crippen molar-refractivity contribution in [1.29, 1.82) is 0 Å². The fourth-order valence-corrected chi connectivity index (χ4v) is 5.26. The van der Waals surface area contributed by atoms with Crippen molar-refractivity contribution < 1.29 is 4.79 Å². The van der Waals surface area contributed by atoms with Gasteiger partial charge in [-0.2, -0.15) is 0 Å². The average molecular weight is 497 g/mol. The molecular formula is C32H40N4O. The third-order valence-corrected chi connectivity index (χ3v) is 7.22. The van der Waals surface area contributed by atoms with E-state index in [-0.39, 0.29) is 17.9 Å². The lowest BCUT2D eigenvalue weighted by Gasteiger charge is -2.34. The van der Waals surface area contributed by atoms with Crippen molar-refractivity contribution in [3.8, 4) is 0 Å². The van der Waals surface area contributed by atoms with Crippen molar-refractivity contribution in [2.45, 2.75) is 60.0 Å². The molecule has 37 heavy (non-hydrogen) atoms. The molecule has 5 heteroatoms. The lowest BCUT2D eigenvalue weighted by atomic mass is 9.99. The van der Waals surface area contributed by atoms with Crippen LogP contribution in [0.15, 0.2) is 66.7 Å². The summed E-state index contributed by atoms with van der Waals surface area (Å²) in [5, 5.41) is 0. The molecular weight excluding hydrogens is 456 g/mol. The molecule has 3 aromatic carbocycles. The molecule has 1 unspecified atom stereocenters. The zero-order valence-electron chi connectivity index (χ0n) is 22.9. The fourth-order valence-electron chi connectivity index (χ4n) is 5.26. The van der Waals surface area contributed by atoms with Crippen molar-refractivity contribution in [2.75, 3.05) is 13.1 Å². The van der Waals surface area contributed by atoms with E-state index in [1.54, 1.807) is 0 Å². The van der Waals surface area contributed by atoms with E-state index in [1.807, 2.05) is 42.2 Å². The molecule has 0 fully saturated rings. The predicted octanol–water partition coefficient (Wildman–Crippen LogP) is 6.45. The number of nitrogens with zero attached hydrogens (tertiary/aromatic N) is 3. The van der Waals surface area contributed by atoms with Crippen molar-refractivity contribution in [3.05, 3.63) is 100 Å². The number of carbonyl (C=O) groups is 1. The molecule has 4 rings (SSSR count). The minimum atomic E-state index is -0.193. The number of hydrogen-bond donors (Lipinski definition) is 1. The standard InChI is InChI=1S/C32H40N4O/c1-6-27-24(5)15-18-28-29(27)34-31(36(28)21-25-11-8-7-9-12-25)30(22(2)3)35(20-10-19-33)32(37)26-16-13-23(4)14-17-26/h7-9,11-18,22,30H,6,10,19-21,33H2,1-5H3. The predicted molar refractivity (Wildman–Crippen MR) is 153 cm³/mol. The molecule has 194 valence electrons. The van der Waals surface area contributed by atoms with Gasteiger partial charge >= 0.3 is 0 Å². The maximum atomic E-state index is 14.0. The number of carbonyl (C=O) groups excluding carboxylic acids is 1. The normalized spacial score (nSPS) is 12.3. The Morgan fingerprint density at radius 2 is 1.70 bits per heavy atom. The summed E-state index contributed by atoms with van der Waals surface area (Å²) in [4.78, 5) is 21.3. The average Bonchev–Trinajstić information content (AvgIpc) is 3.24. The van der Waals surface area contributed by atoms with Crippen LogP contribution in [0.25, 0.3) is 11.0 Å². The van der Waals surface area contributed by atoms with Gasteiger partial charge in [-0.05, 0) is 74.0 Å². The van der Waals surface area contributed by atoms with E-state index in [0.717, 1.165) is 35.3 Å². The fraction of sp³-hybridized carbons (Fsp3) is 0.375. The van der Waals surface area contributed by atoms with Crippen molar-refractivity contribution in [3.63, 3.8) is 0 Å². The maximum Gasteiger partial charge on any atom is 0.254 e. The zero-order chi connectivity index (χ0) is 26.5. The largest absolute Gasteiger partial charge is 0.330 e. The van der Waals surface area contributed by atoms with Gasteiger partial charge < -0.3 is 15.2 Å². The summed E-state index contributed by atoms with van der Waals surface area (Å²) < 4.78 is 2.33. The first kappa shape index (κ1) is 26.6. The Bertz CT molecular complexity index is 1340. The van der Waals surface area contributed by atoms with E-state index in [9.17, 15) is 4.79 Å². The van der Waals surface area contributed by atoms with E-state index in [2.05, 4.69) is 68.7 Å². The second-order valence-electron chi connectivity index (χ2n) is 10.3. The molecule has 1 amide bonds. The lowest BCUT2D eigenvalue weighted by molar-refractivity contribution is 0.0605. The van der Waals surface area contributed by atoms with E-state index in [0.29, 0.717) is 25.2 Å². The molecule has 0 saturated carbocycles. The van der Waals surface area contributed by atoms with Gasteiger partial charge in [0.25, 0.3) is 5.91 Å². The molecule has 5 nitrogen and oxygen atoms in total. The summed E-state index contributed by atoms with van der Waals surface area (Å²) in [5.74, 6) is 1.12. The summed E-state index contributed by atoms with van der Waals surface area (Å²) in [6.07, 6.45) is 1.65. The molecule has 0 bridgehead atoms. The van der Waals surface area contributed by atoms with Gasteiger partial charge in [-0.15, -0.1) is 0 Å². The van der Waals surface area contributed by atoms with Crippen LogP contribution in [-0.2, 0) is 13.0 Å². The third kappa shape index (κ3) is 5.62. The summed E-state index contributed by atoms with van der Waals surface area (Å²) in [6.45, 7) is 12.6. The molecule has 4 aromatic rings. The Morgan fingerprint density at radius 1 is 1.00 bits per heavy atom. The van der Waals surface area contributed by atoms with Gasteiger partial charge in [-0.3, -0.25) is 4.79 Å². The zero-order valence-corrected chi connectivity index (χ0v) is 22.9. The second-order valence-corrected chi connectivity index (χ2v) is 10.3. The van der Waals surface area contributed by atoms with Crippen LogP contribution in [0, 0.1) is 19.8 Å². The smallest absolute Gasteiger partial charge is 0.254 e. The molecule has 0 aliphatic carbocycles. The third-order valence-electron chi connectivity index (χ3n) is 7.22.